The molecule has 4 heteroatoms. The predicted molar refractivity (Wildman–Crippen MR) is 81.1 cm³/mol. The first kappa shape index (κ1) is 13.7. The lowest BCUT2D eigenvalue weighted by molar-refractivity contribution is 0.856. The van der Waals surface area contributed by atoms with Crippen molar-refractivity contribution in [3.63, 3.8) is 0 Å². The Balaban J connectivity index is 2.15. The van der Waals surface area contributed by atoms with Gasteiger partial charge in [-0.3, -0.25) is 0 Å². The summed E-state index contributed by atoms with van der Waals surface area (Å²) in [5.74, 6) is 0. The molecule has 2 aromatic rings. The summed E-state index contributed by atoms with van der Waals surface area (Å²) in [4.78, 5) is 0. The van der Waals surface area contributed by atoms with Gasteiger partial charge in [0.25, 0.3) is 0 Å². The van der Waals surface area contributed by atoms with E-state index in [2.05, 4.69) is 40.3 Å². The van der Waals surface area contributed by atoms with E-state index in [1.165, 1.54) is 5.56 Å². The van der Waals surface area contributed by atoms with Gasteiger partial charge in [-0.1, -0.05) is 15.9 Å². The summed E-state index contributed by atoms with van der Waals surface area (Å²) in [6, 6.07) is 10.3. The number of rotatable bonds is 3. The monoisotopic (exact) mass is 317 g/mol. The molecule has 3 nitrogen and oxygen atoms in total. The third-order valence-corrected chi connectivity index (χ3v) is 4.29. The van der Waals surface area contributed by atoms with Crippen molar-refractivity contribution in [2.24, 2.45) is 7.05 Å². The normalized spacial score (nSPS) is 10.3. The average molecular weight is 318 g/mol. The second-order valence-electron chi connectivity index (χ2n) is 4.63. The molecule has 1 N–H and O–H groups in total. The fourth-order valence-electron chi connectivity index (χ4n) is 2.00. The molecule has 0 amide bonds. The first-order chi connectivity index (χ1) is 9.02. The molecule has 0 saturated heterocycles. The van der Waals surface area contributed by atoms with Crippen LogP contribution in [0.25, 0.3) is 0 Å². The number of hydrogen-bond donors (Lipinski definition) is 1. The molecule has 0 radical (unpaired) electrons. The molecule has 0 aliphatic carbocycles. The number of nitriles is 1. The van der Waals surface area contributed by atoms with Crippen LogP contribution in [0.5, 0.6) is 0 Å². The molecule has 1 heterocycles. The minimum atomic E-state index is 0.696. The number of benzene rings is 1. The van der Waals surface area contributed by atoms with E-state index >= 15 is 0 Å². The summed E-state index contributed by atoms with van der Waals surface area (Å²) in [6.07, 6.45) is 0. The van der Waals surface area contributed by atoms with Crippen LogP contribution in [-0.4, -0.2) is 4.57 Å². The number of aromatic nitrogens is 1. The summed E-state index contributed by atoms with van der Waals surface area (Å²) in [5.41, 5.74) is 5.26. The van der Waals surface area contributed by atoms with Crippen molar-refractivity contribution >= 4 is 21.6 Å². The molecule has 0 aliphatic rings. The summed E-state index contributed by atoms with van der Waals surface area (Å²) in [7, 11) is 1.92. The van der Waals surface area contributed by atoms with Gasteiger partial charge in [0.15, 0.2) is 0 Å². The number of hydrogen-bond acceptors (Lipinski definition) is 2. The zero-order chi connectivity index (χ0) is 14.0. The highest BCUT2D eigenvalue weighted by molar-refractivity contribution is 9.10. The Labute approximate surface area is 122 Å². The van der Waals surface area contributed by atoms with E-state index in [0.717, 1.165) is 28.0 Å². The average Bonchev–Trinajstić information content (AvgIpc) is 2.67. The summed E-state index contributed by atoms with van der Waals surface area (Å²) < 4.78 is 3.03. The summed E-state index contributed by atoms with van der Waals surface area (Å²) in [6.45, 7) is 4.82. The van der Waals surface area contributed by atoms with Gasteiger partial charge in [-0.2, -0.15) is 5.26 Å². The van der Waals surface area contributed by atoms with Crippen LogP contribution in [0.4, 0.5) is 5.69 Å². The summed E-state index contributed by atoms with van der Waals surface area (Å²) in [5, 5.41) is 12.4. The smallest absolute Gasteiger partial charge is 0.120 e. The zero-order valence-electron chi connectivity index (χ0n) is 11.3. The number of nitrogens with one attached hydrogen (secondary N) is 1. The standard InChI is InChI=1S/C15H16BrN3/c1-10-6-13(4-5-15(10)16)18-9-12-7-14(8-17)19(3)11(12)2/h4-7,18H,9H2,1-3H3. The maximum absolute atomic E-state index is 9.01. The van der Waals surface area contributed by atoms with Crippen LogP contribution in [0, 0.1) is 25.2 Å². The van der Waals surface area contributed by atoms with Crippen molar-refractivity contribution in [2.75, 3.05) is 5.32 Å². The molecule has 1 aromatic carbocycles. The van der Waals surface area contributed by atoms with Gasteiger partial charge in [-0.25, -0.2) is 0 Å². The predicted octanol–water partition coefficient (Wildman–Crippen LogP) is 3.89. The first-order valence-corrected chi connectivity index (χ1v) is 6.87. The van der Waals surface area contributed by atoms with E-state index in [0.29, 0.717) is 5.69 Å². The zero-order valence-corrected chi connectivity index (χ0v) is 12.9. The van der Waals surface area contributed by atoms with Crippen molar-refractivity contribution in [1.82, 2.24) is 4.57 Å². The highest BCUT2D eigenvalue weighted by Gasteiger charge is 2.08. The maximum Gasteiger partial charge on any atom is 0.120 e. The van der Waals surface area contributed by atoms with E-state index in [1.54, 1.807) is 0 Å². The third-order valence-electron chi connectivity index (χ3n) is 3.40. The molecule has 0 unspecified atom stereocenters. The summed E-state index contributed by atoms with van der Waals surface area (Å²) >= 11 is 3.49. The largest absolute Gasteiger partial charge is 0.381 e. The number of aryl methyl sites for hydroxylation is 1. The molecule has 0 fully saturated rings. The minimum Gasteiger partial charge on any atom is -0.381 e. The van der Waals surface area contributed by atoms with Gasteiger partial charge in [0.05, 0.1) is 0 Å². The highest BCUT2D eigenvalue weighted by Crippen LogP contribution is 2.21. The van der Waals surface area contributed by atoms with Gasteiger partial charge in [0.2, 0.25) is 0 Å². The molecular formula is C15H16BrN3. The van der Waals surface area contributed by atoms with E-state index in [1.807, 2.05) is 36.7 Å². The third kappa shape index (κ3) is 2.82. The maximum atomic E-state index is 9.01. The van der Waals surface area contributed by atoms with Gasteiger partial charge in [-0.15, -0.1) is 0 Å². The fraction of sp³-hybridized carbons (Fsp3) is 0.267. The molecular weight excluding hydrogens is 302 g/mol. The Kier molecular flexibility index (Phi) is 3.96. The van der Waals surface area contributed by atoms with Gasteiger partial charge in [0, 0.05) is 29.4 Å². The van der Waals surface area contributed by atoms with Crippen LogP contribution in [0.15, 0.2) is 28.7 Å². The molecule has 0 spiro atoms. The molecule has 19 heavy (non-hydrogen) atoms. The van der Waals surface area contributed by atoms with Gasteiger partial charge in [0.1, 0.15) is 11.8 Å². The van der Waals surface area contributed by atoms with Crippen LogP contribution < -0.4 is 5.32 Å². The van der Waals surface area contributed by atoms with Crippen LogP contribution in [0.3, 0.4) is 0 Å². The van der Waals surface area contributed by atoms with Gasteiger partial charge >= 0.3 is 0 Å². The Bertz CT molecular complexity index is 650. The SMILES string of the molecule is Cc1cc(NCc2cc(C#N)n(C)c2C)ccc1Br. The van der Waals surface area contributed by atoms with E-state index in [9.17, 15) is 0 Å². The number of halogens is 1. The Morgan fingerprint density at radius 1 is 1.32 bits per heavy atom. The van der Waals surface area contributed by atoms with Crippen molar-refractivity contribution in [2.45, 2.75) is 20.4 Å². The lowest BCUT2D eigenvalue weighted by Gasteiger charge is -2.08. The molecule has 1 aromatic heterocycles. The lowest BCUT2D eigenvalue weighted by Crippen LogP contribution is -2.01. The second kappa shape index (κ2) is 5.50. The van der Waals surface area contributed by atoms with Crippen molar-refractivity contribution in [3.05, 3.63) is 51.3 Å². The van der Waals surface area contributed by atoms with Crippen LogP contribution in [0.1, 0.15) is 22.5 Å². The van der Waals surface area contributed by atoms with E-state index in [-0.39, 0.29) is 0 Å². The van der Waals surface area contributed by atoms with Crippen LogP contribution in [0.2, 0.25) is 0 Å². The van der Waals surface area contributed by atoms with E-state index < -0.39 is 0 Å². The quantitative estimate of drug-likeness (QED) is 0.933. The molecule has 0 saturated carbocycles. The van der Waals surface area contributed by atoms with Crippen molar-refractivity contribution < 1.29 is 0 Å². The highest BCUT2D eigenvalue weighted by atomic mass is 79.9. The Hall–Kier alpha value is -1.73. The molecule has 98 valence electrons. The van der Waals surface area contributed by atoms with Gasteiger partial charge < -0.3 is 9.88 Å². The van der Waals surface area contributed by atoms with E-state index in [4.69, 9.17) is 5.26 Å². The second-order valence-corrected chi connectivity index (χ2v) is 5.48. The van der Waals surface area contributed by atoms with Crippen LogP contribution in [-0.2, 0) is 13.6 Å². The first-order valence-electron chi connectivity index (χ1n) is 6.08. The Morgan fingerprint density at radius 3 is 2.63 bits per heavy atom. The topological polar surface area (TPSA) is 40.8 Å². The molecule has 2 rings (SSSR count). The van der Waals surface area contributed by atoms with Crippen molar-refractivity contribution in [3.8, 4) is 6.07 Å². The fourth-order valence-corrected chi connectivity index (χ4v) is 2.25. The van der Waals surface area contributed by atoms with Crippen LogP contribution >= 0.6 is 15.9 Å². The number of anilines is 1. The lowest BCUT2D eigenvalue weighted by atomic mass is 10.2. The van der Waals surface area contributed by atoms with Crippen molar-refractivity contribution in [1.29, 1.82) is 5.26 Å². The number of nitrogens with zero attached hydrogens (tertiary/aromatic N) is 2. The van der Waals surface area contributed by atoms with Gasteiger partial charge in [-0.05, 0) is 49.2 Å². The minimum absolute atomic E-state index is 0.696. The molecule has 0 atom stereocenters. The Morgan fingerprint density at radius 2 is 2.05 bits per heavy atom. The molecule has 0 aliphatic heterocycles. The molecule has 0 bridgehead atoms.